The van der Waals surface area contributed by atoms with E-state index in [1.54, 1.807) is 0 Å². The van der Waals surface area contributed by atoms with E-state index in [9.17, 15) is 13.2 Å². The molecule has 0 radical (unpaired) electrons. The van der Waals surface area contributed by atoms with Crippen LogP contribution in [-0.4, -0.2) is 30.0 Å². The van der Waals surface area contributed by atoms with E-state index < -0.39 is 11.8 Å². The molecule has 1 heterocycles. The van der Waals surface area contributed by atoms with Crippen LogP contribution in [0.2, 0.25) is 0 Å². The standard InChI is InChI=1S/C4H6F3NO/c5-4(6,7)3(9)1-8-2-3/h8-9H,1-2H2/p+1. The van der Waals surface area contributed by atoms with Crippen LogP contribution in [0.15, 0.2) is 0 Å². The Balaban J connectivity index is 2.59. The topological polar surface area (TPSA) is 36.8 Å². The quantitative estimate of drug-likeness (QED) is 0.440. The average Bonchev–Trinajstić information content (AvgIpc) is 1.57. The van der Waals surface area contributed by atoms with Crippen molar-refractivity contribution in [1.29, 1.82) is 0 Å². The van der Waals surface area contributed by atoms with Gasteiger partial charge >= 0.3 is 6.18 Å². The number of quaternary nitrogens is 1. The highest BCUT2D eigenvalue weighted by molar-refractivity contribution is 4.88. The van der Waals surface area contributed by atoms with Crippen LogP contribution in [0.3, 0.4) is 0 Å². The molecule has 0 spiro atoms. The van der Waals surface area contributed by atoms with E-state index in [2.05, 4.69) is 0 Å². The molecule has 9 heavy (non-hydrogen) atoms. The van der Waals surface area contributed by atoms with E-state index in [0.29, 0.717) is 0 Å². The van der Waals surface area contributed by atoms with Gasteiger partial charge in [-0.1, -0.05) is 0 Å². The molecule has 1 saturated heterocycles. The molecule has 0 atom stereocenters. The lowest BCUT2D eigenvalue weighted by Crippen LogP contribution is -3.04. The van der Waals surface area contributed by atoms with Crippen molar-refractivity contribution in [3.8, 4) is 0 Å². The summed E-state index contributed by atoms with van der Waals surface area (Å²) in [5, 5.41) is 10.0. The predicted octanol–water partition coefficient (Wildman–Crippen LogP) is -1.14. The van der Waals surface area contributed by atoms with Gasteiger partial charge in [-0.05, 0) is 0 Å². The zero-order valence-electron chi connectivity index (χ0n) is 4.57. The Kier molecular flexibility index (Phi) is 1.22. The molecule has 0 aliphatic carbocycles. The van der Waals surface area contributed by atoms with Crippen LogP contribution in [0.25, 0.3) is 0 Å². The molecular weight excluding hydrogens is 135 g/mol. The fourth-order valence-electron chi connectivity index (χ4n) is 0.649. The minimum absolute atomic E-state index is 0.253. The van der Waals surface area contributed by atoms with E-state index in [4.69, 9.17) is 5.11 Å². The molecule has 0 aromatic carbocycles. The summed E-state index contributed by atoms with van der Waals surface area (Å²) in [6.07, 6.45) is -4.44. The van der Waals surface area contributed by atoms with E-state index in [-0.39, 0.29) is 13.1 Å². The van der Waals surface area contributed by atoms with Crippen molar-refractivity contribution in [3.05, 3.63) is 0 Å². The minimum Gasteiger partial charge on any atom is -0.372 e. The van der Waals surface area contributed by atoms with Crippen molar-refractivity contribution < 1.29 is 23.6 Å². The Hall–Kier alpha value is -0.290. The summed E-state index contributed by atoms with van der Waals surface area (Å²) in [6, 6.07) is 0. The van der Waals surface area contributed by atoms with E-state index >= 15 is 0 Å². The molecule has 3 N–H and O–H groups in total. The predicted molar refractivity (Wildman–Crippen MR) is 22.7 cm³/mol. The maximum absolute atomic E-state index is 11.6. The highest BCUT2D eigenvalue weighted by Gasteiger charge is 2.61. The van der Waals surface area contributed by atoms with Gasteiger partial charge in [0.2, 0.25) is 0 Å². The van der Waals surface area contributed by atoms with Gasteiger partial charge in [0, 0.05) is 0 Å². The lowest BCUT2D eigenvalue weighted by Gasteiger charge is -2.34. The van der Waals surface area contributed by atoms with Crippen molar-refractivity contribution >= 4 is 0 Å². The number of alkyl halides is 3. The largest absolute Gasteiger partial charge is 0.428 e. The van der Waals surface area contributed by atoms with Crippen molar-refractivity contribution in [2.24, 2.45) is 0 Å². The Morgan fingerprint density at radius 1 is 1.33 bits per heavy atom. The normalized spacial score (nSPS) is 25.3. The molecule has 0 aromatic heterocycles. The zero-order valence-corrected chi connectivity index (χ0v) is 4.57. The van der Waals surface area contributed by atoms with E-state index in [1.807, 2.05) is 0 Å². The lowest BCUT2D eigenvalue weighted by atomic mass is 9.97. The van der Waals surface area contributed by atoms with Crippen LogP contribution in [0.5, 0.6) is 0 Å². The molecular formula is C4H7F3NO+. The van der Waals surface area contributed by atoms with Crippen LogP contribution in [-0.2, 0) is 0 Å². The summed E-state index contributed by atoms with van der Waals surface area (Å²) < 4.78 is 34.8. The monoisotopic (exact) mass is 142 g/mol. The van der Waals surface area contributed by atoms with Crippen LogP contribution >= 0.6 is 0 Å². The summed E-state index contributed by atoms with van der Waals surface area (Å²) in [5.74, 6) is 0. The van der Waals surface area contributed by atoms with Gasteiger partial charge in [0.15, 0.2) is 0 Å². The molecule has 1 aliphatic heterocycles. The van der Waals surface area contributed by atoms with Gasteiger partial charge in [0.1, 0.15) is 13.1 Å². The van der Waals surface area contributed by atoms with Crippen LogP contribution < -0.4 is 5.32 Å². The highest BCUT2D eigenvalue weighted by atomic mass is 19.4. The first-order valence-corrected chi connectivity index (χ1v) is 2.56. The first kappa shape index (κ1) is 6.82. The maximum atomic E-state index is 11.6. The Morgan fingerprint density at radius 2 is 1.78 bits per heavy atom. The fraction of sp³-hybridized carbons (Fsp3) is 1.00. The third-order valence-electron chi connectivity index (χ3n) is 1.49. The second-order valence-corrected chi connectivity index (χ2v) is 2.23. The molecule has 0 saturated carbocycles. The second kappa shape index (κ2) is 1.60. The summed E-state index contributed by atoms with van der Waals surface area (Å²) in [6.45, 7) is -0.507. The van der Waals surface area contributed by atoms with Crippen LogP contribution in [0.4, 0.5) is 13.2 Å². The number of nitrogens with two attached hydrogens (primary N) is 1. The Labute approximate surface area is 49.7 Å². The van der Waals surface area contributed by atoms with E-state index in [1.165, 1.54) is 5.32 Å². The molecule has 1 fully saturated rings. The fourth-order valence-corrected chi connectivity index (χ4v) is 0.649. The number of aliphatic hydroxyl groups is 1. The van der Waals surface area contributed by atoms with Crippen LogP contribution in [0, 0.1) is 0 Å². The van der Waals surface area contributed by atoms with Gasteiger partial charge in [-0.2, -0.15) is 13.2 Å². The molecule has 5 heteroatoms. The number of rotatable bonds is 0. The lowest BCUT2D eigenvalue weighted by molar-refractivity contribution is -0.755. The van der Waals surface area contributed by atoms with Gasteiger partial charge in [-0.15, -0.1) is 0 Å². The van der Waals surface area contributed by atoms with Crippen molar-refractivity contribution in [2.45, 2.75) is 11.8 Å². The molecule has 1 aliphatic rings. The summed E-state index contributed by atoms with van der Waals surface area (Å²) in [5.41, 5.74) is -2.40. The SMILES string of the molecule is OC1(C(F)(F)F)C[NH2+]C1. The van der Waals surface area contributed by atoms with Gasteiger partial charge < -0.3 is 10.4 Å². The zero-order chi connectivity index (χ0) is 7.12. The molecule has 2 nitrogen and oxygen atoms in total. The summed E-state index contributed by atoms with van der Waals surface area (Å²) in [4.78, 5) is 0. The first-order chi connectivity index (χ1) is 3.96. The van der Waals surface area contributed by atoms with Gasteiger partial charge in [0.25, 0.3) is 5.60 Å². The molecule has 0 aromatic rings. The number of halogens is 3. The van der Waals surface area contributed by atoms with Crippen molar-refractivity contribution in [2.75, 3.05) is 13.1 Å². The molecule has 0 unspecified atom stereocenters. The molecule has 0 amide bonds. The maximum Gasteiger partial charge on any atom is 0.428 e. The minimum atomic E-state index is -4.44. The molecule has 1 rings (SSSR count). The second-order valence-electron chi connectivity index (χ2n) is 2.23. The third-order valence-corrected chi connectivity index (χ3v) is 1.49. The number of hydrogen-bond acceptors (Lipinski definition) is 1. The number of hydrogen-bond donors (Lipinski definition) is 2. The van der Waals surface area contributed by atoms with Gasteiger partial charge in [-0.25, -0.2) is 0 Å². The smallest absolute Gasteiger partial charge is 0.372 e. The Morgan fingerprint density at radius 3 is 1.78 bits per heavy atom. The molecule has 54 valence electrons. The molecule has 0 bridgehead atoms. The highest BCUT2D eigenvalue weighted by Crippen LogP contribution is 2.30. The Bertz CT molecular complexity index is 117. The first-order valence-electron chi connectivity index (χ1n) is 2.56. The van der Waals surface area contributed by atoms with Crippen LogP contribution in [0.1, 0.15) is 0 Å². The van der Waals surface area contributed by atoms with Gasteiger partial charge in [-0.3, -0.25) is 0 Å². The van der Waals surface area contributed by atoms with Crippen molar-refractivity contribution in [1.82, 2.24) is 0 Å². The third kappa shape index (κ3) is 0.900. The van der Waals surface area contributed by atoms with Crippen molar-refractivity contribution in [3.63, 3.8) is 0 Å². The summed E-state index contributed by atoms with van der Waals surface area (Å²) >= 11 is 0. The average molecular weight is 142 g/mol. The van der Waals surface area contributed by atoms with Gasteiger partial charge in [0.05, 0.1) is 0 Å². The summed E-state index contributed by atoms with van der Waals surface area (Å²) in [7, 11) is 0. The van der Waals surface area contributed by atoms with E-state index in [0.717, 1.165) is 0 Å².